The number of halogens is 5. The molecular formula is C25H19ClF4N4O2. The third-order valence-electron chi connectivity index (χ3n) is 4.82. The molecule has 3 rings (SSSR count). The summed E-state index contributed by atoms with van der Waals surface area (Å²) in [5, 5.41) is 2.67. The molecule has 2 aromatic heterocycles. The van der Waals surface area contributed by atoms with Crippen molar-refractivity contribution in [2.45, 2.75) is 19.5 Å². The highest BCUT2D eigenvalue weighted by Crippen LogP contribution is 2.30. The van der Waals surface area contributed by atoms with E-state index in [0.29, 0.717) is 5.56 Å². The number of aromatic nitrogens is 3. The Hall–Kier alpha value is -4.05. The van der Waals surface area contributed by atoms with Crippen LogP contribution in [0.4, 0.5) is 23.4 Å². The van der Waals surface area contributed by atoms with Crippen LogP contribution >= 0.6 is 11.6 Å². The molecule has 0 saturated carbocycles. The highest BCUT2D eigenvalue weighted by molar-refractivity contribution is 6.34. The molecule has 0 unspecified atom stereocenters. The van der Waals surface area contributed by atoms with Gasteiger partial charge >= 0.3 is 6.18 Å². The number of carbonyl (C=O) groups excluding carboxylic acids is 2. The fourth-order valence-corrected chi connectivity index (χ4v) is 3.25. The van der Waals surface area contributed by atoms with Gasteiger partial charge in [-0.3, -0.25) is 9.59 Å². The van der Waals surface area contributed by atoms with E-state index >= 15 is 0 Å². The Kier molecular flexibility index (Phi) is 8.21. The number of ketones is 1. The van der Waals surface area contributed by atoms with Gasteiger partial charge in [0.05, 0.1) is 16.3 Å². The predicted molar refractivity (Wildman–Crippen MR) is 128 cm³/mol. The van der Waals surface area contributed by atoms with Crippen LogP contribution in [-0.4, -0.2) is 26.6 Å². The van der Waals surface area contributed by atoms with Gasteiger partial charge in [0.15, 0.2) is 5.78 Å². The third-order valence-corrected chi connectivity index (χ3v) is 5.15. The summed E-state index contributed by atoms with van der Waals surface area (Å²) in [4.78, 5) is 35.1. The van der Waals surface area contributed by atoms with Gasteiger partial charge in [-0.05, 0) is 48.4 Å². The largest absolute Gasteiger partial charge is 0.449 e. The Morgan fingerprint density at radius 1 is 1.19 bits per heavy atom. The zero-order valence-electron chi connectivity index (χ0n) is 18.8. The number of nitrogens with one attached hydrogen (secondary N) is 2. The molecule has 0 radical (unpaired) electrons. The van der Waals surface area contributed by atoms with Crippen LogP contribution in [-0.2, 0) is 12.6 Å². The number of hydrogen-bond acceptors (Lipinski definition) is 4. The second kappa shape index (κ2) is 11.1. The van der Waals surface area contributed by atoms with Gasteiger partial charge in [0.2, 0.25) is 5.82 Å². The first kappa shape index (κ1) is 26.6. The summed E-state index contributed by atoms with van der Waals surface area (Å²) in [5.74, 6) is -3.12. The van der Waals surface area contributed by atoms with Gasteiger partial charge in [-0.25, -0.2) is 14.4 Å². The second-order valence-corrected chi connectivity index (χ2v) is 7.83. The van der Waals surface area contributed by atoms with Gasteiger partial charge in [-0.1, -0.05) is 42.5 Å². The summed E-state index contributed by atoms with van der Waals surface area (Å²) in [6.07, 6.45) is -0.497. The number of Topliss-reactive ketones (excluding diaryl/α,β-unsaturated/α-hetero) is 1. The second-order valence-electron chi connectivity index (χ2n) is 7.42. The lowest BCUT2D eigenvalue weighted by molar-refractivity contribution is -0.144. The highest BCUT2D eigenvalue weighted by atomic mass is 35.5. The minimum Gasteiger partial charge on any atom is -0.334 e. The molecule has 1 amide bonds. The Labute approximate surface area is 208 Å². The molecule has 6 nitrogen and oxygen atoms in total. The van der Waals surface area contributed by atoms with Crippen LogP contribution in [0.3, 0.4) is 0 Å². The number of allylic oxidation sites excluding steroid dienone is 5. The first-order valence-corrected chi connectivity index (χ1v) is 10.8. The van der Waals surface area contributed by atoms with Crippen molar-refractivity contribution in [2.75, 3.05) is 5.32 Å². The van der Waals surface area contributed by atoms with Crippen molar-refractivity contribution in [1.82, 2.24) is 15.0 Å². The van der Waals surface area contributed by atoms with E-state index in [9.17, 15) is 27.2 Å². The van der Waals surface area contributed by atoms with E-state index in [0.717, 1.165) is 18.2 Å². The van der Waals surface area contributed by atoms with E-state index in [4.69, 9.17) is 11.6 Å². The molecule has 36 heavy (non-hydrogen) atoms. The fraction of sp³-hybridized carbons (Fsp3) is 0.120. The highest BCUT2D eigenvalue weighted by Gasteiger charge is 2.37. The molecule has 11 heteroatoms. The van der Waals surface area contributed by atoms with Crippen LogP contribution in [0.1, 0.15) is 44.9 Å². The zero-order chi connectivity index (χ0) is 26.5. The number of amides is 1. The van der Waals surface area contributed by atoms with Crippen molar-refractivity contribution >= 4 is 34.7 Å². The van der Waals surface area contributed by atoms with E-state index < -0.39 is 41.6 Å². The van der Waals surface area contributed by atoms with Crippen LogP contribution in [0, 0.1) is 0 Å². The van der Waals surface area contributed by atoms with Crippen LogP contribution in [0.25, 0.3) is 5.57 Å². The average molecular weight is 519 g/mol. The molecule has 0 saturated heterocycles. The quantitative estimate of drug-likeness (QED) is 0.200. The molecule has 1 aromatic carbocycles. The average Bonchev–Trinajstić information content (AvgIpc) is 3.30. The molecule has 0 spiro atoms. The fourth-order valence-electron chi connectivity index (χ4n) is 3.05. The lowest BCUT2D eigenvalue weighted by atomic mass is 10.0. The van der Waals surface area contributed by atoms with Crippen molar-refractivity contribution < 1.29 is 27.2 Å². The van der Waals surface area contributed by atoms with E-state index in [-0.39, 0.29) is 27.7 Å². The lowest BCUT2D eigenvalue weighted by Crippen LogP contribution is -2.14. The Balaban J connectivity index is 1.90. The maximum Gasteiger partial charge on any atom is 0.449 e. The molecule has 0 aliphatic rings. The number of imidazole rings is 1. The van der Waals surface area contributed by atoms with E-state index in [2.05, 4.69) is 26.8 Å². The molecule has 2 N–H and O–H groups in total. The molecule has 0 aliphatic carbocycles. The third kappa shape index (κ3) is 6.54. The van der Waals surface area contributed by atoms with Crippen LogP contribution in [0.15, 0.2) is 73.2 Å². The van der Waals surface area contributed by atoms with Crippen molar-refractivity contribution in [3.8, 4) is 0 Å². The van der Waals surface area contributed by atoms with Gasteiger partial charge in [0.25, 0.3) is 5.91 Å². The molecule has 3 aromatic rings. The van der Waals surface area contributed by atoms with E-state index in [1.165, 1.54) is 31.3 Å². The SMILES string of the molecule is C=C(/C=C\C(F)=C/C)c1[nH]c(C(F)(F)F)nc1C(=O)Cc1ccc(Cl)c(C(=O)Nc2ccccn2)c1. The molecule has 0 aliphatic heterocycles. The number of benzene rings is 1. The first-order valence-electron chi connectivity index (χ1n) is 10.4. The number of pyridine rings is 1. The summed E-state index contributed by atoms with van der Waals surface area (Å²) in [6.45, 7) is 5.05. The van der Waals surface area contributed by atoms with Gasteiger partial charge < -0.3 is 10.3 Å². The first-order chi connectivity index (χ1) is 17.0. The Morgan fingerprint density at radius 2 is 1.94 bits per heavy atom. The number of hydrogen-bond donors (Lipinski definition) is 2. The van der Waals surface area contributed by atoms with E-state index in [1.807, 2.05) is 0 Å². The van der Waals surface area contributed by atoms with Gasteiger partial charge in [0.1, 0.15) is 17.3 Å². The van der Waals surface area contributed by atoms with Gasteiger partial charge in [0, 0.05) is 12.6 Å². The van der Waals surface area contributed by atoms with Gasteiger partial charge in [-0.15, -0.1) is 0 Å². The normalized spacial score (nSPS) is 12.1. The molecule has 0 atom stereocenters. The predicted octanol–water partition coefficient (Wildman–Crippen LogP) is 6.60. The number of rotatable bonds is 8. The number of H-pyrrole nitrogens is 1. The van der Waals surface area contributed by atoms with Crippen molar-refractivity contribution in [3.63, 3.8) is 0 Å². The summed E-state index contributed by atoms with van der Waals surface area (Å²) in [6, 6.07) is 9.12. The Morgan fingerprint density at radius 3 is 2.58 bits per heavy atom. The Bertz CT molecular complexity index is 1360. The summed E-state index contributed by atoms with van der Waals surface area (Å²) >= 11 is 6.14. The summed E-state index contributed by atoms with van der Waals surface area (Å²) in [5.41, 5.74) is -0.550. The zero-order valence-corrected chi connectivity index (χ0v) is 19.5. The monoisotopic (exact) mass is 518 g/mol. The van der Waals surface area contributed by atoms with Crippen molar-refractivity contribution in [2.24, 2.45) is 0 Å². The number of anilines is 1. The van der Waals surface area contributed by atoms with Crippen LogP contribution in [0.2, 0.25) is 5.02 Å². The molecule has 2 heterocycles. The minimum absolute atomic E-state index is 0.0417. The summed E-state index contributed by atoms with van der Waals surface area (Å²) < 4.78 is 53.3. The number of alkyl halides is 3. The maximum absolute atomic E-state index is 13.4. The standard InChI is InChI=1S/C25H19ClF4N4O2/c1-3-16(27)9-7-14(2)21-22(34-24(33-21)25(28,29)30)19(35)13-15-8-10-18(26)17(12-15)23(36)32-20-6-4-5-11-31-20/h3-12H,2,13H2,1H3,(H,33,34)(H,31,32,36)/b9-7-,16-3+. The van der Waals surface area contributed by atoms with Crippen LogP contribution in [0.5, 0.6) is 0 Å². The van der Waals surface area contributed by atoms with Crippen LogP contribution < -0.4 is 5.32 Å². The van der Waals surface area contributed by atoms with Gasteiger partial charge in [-0.2, -0.15) is 13.2 Å². The number of nitrogens with zero attached hydrogens (tertiary/aromatic N) is 2. The minimum atomic E-state index is -4.86. The topological polar surface area (TPSA) is 87.7 Å². The maximum atomic E-state index is 13.4. The molecule has 0 bridgehead atoms. The smallest absolute Gasteiger partial charge is 0.334 e. The summed E-state index contributed by atoms with van der Waals surface area (Å²) in [7, 11) is 0. The van der Waals surface area contributed by atoms with E-state index in [1.54, 1.807) is 18.2 Å². The van der Waals surface area contributed by atoms with Crippen molar-refractivity contribution in [1.29, 1.82) is 0 Å². The van der Waals surface area contributed by atoms with Crippen molar-refractivity contribution in [3.05, 3.63) is 107 Å². The number of carbonyl (C=O) groups is 2. The molecular weight excluding hydrogens is 500 g/mol. The lowest BCUT2D eigenvalue weighted by Gasteiger charge is -2.08. The molecule has 186 valence electrons. The molecule has 0 fully saturated rings. The number of aromatic amines is 1.